The molecule has 0 fully saturated rings. The van der Waals surface area contributed by atoms with Gasteiger partial charge in [0.05, 0.1) is 6.10 Å². The highest BCUT2D eigenvalue weighted by molar-refractivity contribution is 6.35. The summed E-state index contributed by atoms with van der Waals surface area (Å²) in [7, 11) is 0. The molecule has 5 aromatic rings. The minimum absolute atomic E-state index is 0.0783. The van der Waals surface area contributed by atoms with Crippen LogP contribution in [-0.2, 0) is 0 Å². The van der Waals surface area contributed by atoms with E-state index in [-0.39, 0.29) is 12.0 Å². The third-order valence-corrected chi connectivity index (χ3v) is 5.56. The van der Waals surface area contributed by atoms with Crippen LogP contribution in [-0.4, -0.2) is 17.0 Å². The number of nitrogens with zero attached hydrogens (tertiary/aromatic N) is 1. The molecule has 0 aliphatic carbocycles. The summed E-state index contributed by atoms with van der Waals surface area (Å²) in [6.07, 6.45) is 0.0783. The van der Waals surface area contributed by atoms with Crippen LogP contribution in [0.2, 0.25) is 5.02 Å². The van der Waals surface area contributed by atoms with E-state index >= 15 is 0 Å². The molecule has 0 aliphatic heterocycles. The number of aromatic nitrogens is 1. The van der Waals surface area contributed by atoms with Crippen LogP contribution in [0.25, 0.3) is 33.3 Å². The van der Waals surface area contributed by atoms with Crippen LogP contribution < -0.4 is 10.1 Å². The van der Waals surface area contributed by atoms with Gasteiger partial charge in [0.15, 0.2) is 5.58 Å². The highest BCUT2D eigenvalue weighted by atomic mass is 35.5. The van der Waals surface area contributed by atoms with E-state index in [0.29, 0.717) is 33.3 Å². The molecular weight excluding hydrogens is 436 g/mol. The van der Waals surface area contributed by atoms with Crippen molar-refractivity contribution in [2.45, 2.75) is 20.0 Å². The Morgan fingerprint density at radius 2 is 1.73 bits per heavy atom. The van der Waals surface area contributed by atoms with Crippen LogP contribution in [0.3, 0.4) is 0 Å². The molecule has 0 bridgehead atoms. The Morgan fingerprint density at radius 1 is 0.970 bits per heavy atom. The maximum absolute atomic E-state index is 12.7. The smallest absolute Gasteiger partial charge is 0.255 e. The van der Waals surface area contributed by atoms with Gasteiger partial charge in [-0.15, -0.1) is 0 Å². The Bertz CT molecular complexity index is 1470. The van der Waals surface area contributed by atoms with Gasteiger partial charge in [-0.1, -0.05) is 35.9 Å². The third kappa shape index (κ3) is 4.28. The van der Waals surface area contributed by atoms with Crippen LogP contribution in [0.15, 0.2) is 83.3 Å². The number of oxazole rings is 1. The number of anilines is 1. The van der Waals surface area contributed by atoms with Gasteiger partial charge in [0.1, 0.15) is 11.3 Å². The molecule has 0 spiro atoms. The van der Waals surface area contributed by atoms with E-state index < -0.39 is 0 Å². The molecule has 1 amide bonds. The second-order valence-electron chi connectivity index (χ2n) is 7.99. The number of hydrogen-bond donors (Lipinski definition) is 1. The first-order chi connectivity index (χ1) is 16.0. The highest BCUT2D eigenvalue weighted by Gasteiger charge is 2.14. The second-order valence-corrected chi connectivity index (χ2v) is 8.39. The predicted molar refractivity (Wildman–Crippen MR) is 132 cm³/mol. The molecule has 0 aliphatic rings. The number of fused-ring (bicyclic) bond motifs is 2. The average Bonchev–Trinajstić information content (AvgIpc) is 3.22. The molecule has 1 N–H and O–H groups in total. The number of rotatable bonds is 5. The van der Waals surface area contributed by atoms with Gasteiger partial charge in [0, 0.05) is 27.2 Å². The van der Waals surface area contributed by atoms with E-state index in [4.69, 9.17) is 20.8 Å². The molecule has 5 rings (SSSR count). The molecule has 1 aromatic heterocycles. The van der Waals surface area contributed by atoms with Gasteiger partial charge in [-0.3, -0.25) is 4.79 Å². The predicted octanol–water partition coefficient (Wildman–Crippen LogP) is 7.34. The lowest BCUT2D eigenvalue weighted by Gasteiger charge is -2.10. The Hall–Kier alpha value is -3.83. The fourth-order valence-electron chi connectivity index (χ4n) is 3.74. The van der Waals surface area contributed by atoms with Crippen LogP contribution in [0.4, 0.5) is 5.69 Å². The number of ether oxygens (including phenoxy) is 1. The SMILES string of the molecule is CC(C)Oc1ccc(C(=O)Nc2ccc3oc(-c4cccc5c(Cl)cccc45)nc3c2)cc1. The molecule has 6 heteroatoms. The largest absolute Gasteiger partial charge is 0.491 e. The minimum Gasteiger partial charge on any atom is -0.491 e. The van der Waals surface area contributed by atoms with Gasteiger partial charge in [0.25, 0.3) is 5.91 Å². The molecule has 0 unspecified atom stereocenters. The number of halogens is 1. The first kappa shape index (κ1) is 21.0. The number of nitrogens with one attached hydrogen (secondary N) is 1. The summed E-state index contributed by atoms with van der Waals surface area (Å²) in [6, 6.07) is 24.1. The number of carbonyl (C=O) groups is 1. The zero-order chi connectivity index (χ0) is 22.9. The minimum atomic E-state index is -0.210. The van der Waals surface area contributed by atoms with Crippen LogP contribution >= 0.6 is 11.6 Å². The van der Waals surface area contributed by atoms with Gasteiger partial charge < -0.3 is 14.5 Å². The second kappa shape index (κ2) is 8.60. The van der Waals surface area contributed by atoms with E-state index in [0.717, 1.165) is 22.1 Å². The first-order valence-corrected chi connectivity index (χ1v) is 11.0. The maximum Gasteiger partial charge on any atom is 0.255 e. The third-order valence-electron chi connectivity index (χ3n) is 5.23. The van der Waals surface area contributed by atoms with Crippen molar-refractivity contribution in [1.82, 2.24) is 4.98 Å². The highest BCUT2D eigenvalue weighted by Crippen LogP contribution is 2.34. The fraction of sp³-hybridized carbons (Fsp3) is 0.111. The van der Waals surface area contributed by atoms with Gasteiger partial charge >= 0.3 is 0 Å². The van der Waals surface area contributed by atoms with E-state index in [2.05, 4.69) is 10.3 Å². The van der Waals surface area contributed by atoms with Crippen LogP contribution in [0.1, 0.15) is 24.2 Å². The van der Waals surface area contributed by atoms with Crippen molar-refractivity contribution < 1.29 is 13.9 Å². The quantitative estimate of drug-likeness (QED) is 0.300. The van der Waals surface area contributed by atoms with Crippen molar-refractivity contribution in [2.24, 2.45) is 0 Å². The Kier molecular flexibility index (Phi) is 5.48. The van der Waals surface area contributed by atoms with Crippen molar-refractivity contribution >= 4 is 45.1 Å². The lowest BCUT2D eigenvalue weighted by Crippen LogP contribution is -2.12. The zero-order valence-corrected chi connectivity index (χ0v) is 18.9. The van der Waals surface area contributed by atoms with E-state index in [1.54, 1.807) is 42.5 Å². The number of hydrogen-bond acceptors (Lipinski definition) is 4. The molecule has 1 heterocycles. The molecule has 4 aromatic carbocycles. The maximum atomic E-state index is 12.7. The van der Waals surface area contributed by atoms with E-state index in [1.165, 1.54) is 0 Å². The molecular formula is C27H21ClN2O3. The molecule has 0 saturated heterocycles. The lowest BCUT2D eigenvalue weighted by atomic mass is 10.0. The van der Waals surface area contributed by atoms with Crippen LogP contribution in [0.5, 0.6) is 5.75 Å². The average molecular weight is 457 g/mol. The summed E-state index contributed by atoms with van der Waals surface area (Å²) in [6.45, 7) is 3.92. The topological polar surface area (TPSA) is 64.4 Å². The van der Waals surface area contributed by atoms with E-state index in [1.807, 2.05) is 50.2 Å². The van der Waals surface area contributed by atoms with Crippen molar-refractivity contribution in [1.29, 1.82) is 0 Å². The zero-order valence-electron chi connectivity index (χ0n) is 18.1. The van der Waals surface area contributed by atoms with Gasteiger partial charge in [-0.25, -0.2) is 4.98 Å². The van der Waals surface area contributed by atoms with Gasteiger partial charge in [-0.2, -0.15) is 0 Å². The Labute approximate surface area is 196 Å². The number of amides is 1. The van der Waals surface area contributed by atoms with Gasteiger partial charge in [-0.05, 0) is 73.8 Å². The summed E-state index contributed by atoms with van der Waals surface area (Å²) >= 11 is 6.35. The molecule has 0 atom stereocenters. The molecule has 164 valence electrons. The van der Waals surface area contributed by atoms with Gasteiger partial charge in [0.2, 0.25) is 5.89 Å². The standard InChI is InChI=1S/C27H21ClN2O3/c1-16(2)32-19-12-9-17(10-13-19)26(31)29-18-11-14-25-24(15-18)30-27(33-25)22-7-3-6-21-20(22)5-4-8-23(21)28/h3-16H,1-2H3,(H,29,31). The summed E-state index contributed by atoms with van der Waals surface area (Å²) in [5.74, 6) is 1.02. The summed E-state index contributed by atoms with van der Waals surface area (Å²) in [4.78, 5) is 17.3. The van der Waals surface area contributed by atoms with Crippen LogP contribution in [0, 0.1) is 0 Å². The fourth-order valence-corrected chi connectivity index (χ4v) is 3.98. The monoisotopic (exact) mass is 456 g/mol. The molecule has 33 heavy (non-hydrogen) atoms. The Balaban J connectivity index is 1.41. The normalized spacial score (nSPS) is 11.3. The summed E-state index contributed by atoms with van der Waals surface area (Å²) in [5, 5.41) is 5.51. The number of carbonyl (C=O) groups excluding carboxylic acids is 1. The molecule has 5 nitrogen and oxygen atoms in total. The summed E-state index contributed by atoms with van der Waals surface area (Å²) < 4.78 is 11.6. The van der Waals surface area contributed by atoms with Crippen molar-refractivity contribution in [3.05, 3.63) is 89.4 Å². The summed E-state index contributed by atoms with van der Waals surface area (Å²) in [5.41, 5.74) is 3.33. The number of benzene rings is 4. The molecule has 0 radical (unpaired) electrons. The first-order valence-electron chi connectivity index (χ1n) is 10.6. The van der Waals surface area contributed by atoms with E-state index in [9.17, 15) is 4.79 Å². The Morgan fingerprint density at radius 3 is 2.52 bits per heavy atom. The van der Waals surface area contributed by atoms with Crippen molar-refractivity contribution in [3.63, 3.8) is 0 Å². The van der Waals surface area contributed by atoms with Crippen molar-refractivity contribution in [3.8, 4) is 17.2 Å². The lowest BCUT2D eigenvalue weighted by molar-refractivity contribution is 0.102. The molecule has 0 saturated carbocycles. The van der Waals surface area contributed by atoms with Crippen molar-refractivity contribution in [2.75, 3.05) is 5.32 Å².